The molecule has 2 aromatic heterocycles. The van der Waals surface area contributed by atoms with Crippen molar-refractivity contribution in [3.05, 3.63) is 16.3 Å². The van der Waals surface area contributed by atoms with Crippen LogP contribution in [0.5, 0.6) is 0 Å². The molecule has 2 heterocycles. The number of hydrogen-bond donors (Lipinski definition) is 1. The van der Waals surface area contributed by atoms with E-state index in [0.29, 0.717) is 5.25 Å². The van der Waals surface area contributed by atoms with Crippen molar-refractivity contribution >= 4 is 39.1 Å². The van der Waals surface area contributed by atoms with Gasteiger partial charge in [0.2, 0.25) is 0 Å². The number of aryl methyl sites for hydroxylation is 2. The molecule has 0 fully saturated rings. The summed E-state index contributed by atoms with van der Waals surface area (Å²) in [4.78, 5) is 11.8. The number of nitrogens with one attached hydrogen (secondary N) is 1. The summed E-state index contributed by atoms with van der Waals surface area (Å²) in [5, 5.41) is 5.05. The van der Waals surface area contributed by atoms with E-state index in [1.54, 1.807) is 11.3 Å². The second-order valence-electron chi connectivity index (χ2n) is 4.73. The zero-order chi connectivity index (χ0) is 14.0. The van der Waals surface area contributed by atoms with Gasteiger partial charge in [-0.3, -0.25) is 0 Å². The Balaban J connectivity index is 2.37. The van der Waals surface area contributed by atoms with Gasteiger partial charge in [0, 0.05) is 17.2 Å². The lowest BCUT2D eigenvalue weighted by atomic mass is 10.2. The first-order chi connectivity index (χ1) is 9.06. The average molecular weight is 295 g/mol. The third-order valence-corrected chi connectivity index (χ3v) is 5.81. The van der Waals surface area contributed by atoms with Crippen LogP contribution in [-0.2, 0) is 5.75 Å². The number of hydrogen-bond acceptors (Lipinski definition) is 5. The second-order valence-corrected chi connectivity index (χ2v) is 7.36. The van der Waals surface area contributed by atoms with Crippen molar-refractivity contribution in [3.8, 4) is 0 Å². The first-order valence-electron chi connectivity index (χ1n) is 6.62. The molecular weight excluding hydrogens is 274 g/mol. The van der Waals surface area contributed by atoms with E-state index in [9.17, 15) is 0 Å². The number of nitrogens with zero attached hydrogens (tertiary/aromatic N) is 2. The molecule has 0 aliphatic carbocycles. The Morgan fingerprint density at radius 2 is 2.05 bits per heavy atom. The number of fused-ring (bicyclic) bond motifs is 1. The number of rotatable bonds is 5. The molecular formula is C14H21N3S2. The molecule has 1 N–H and O–H groups in total. The summed E-state index contributed by atoms with van der Waals surface area (Å²) in [6.45, 7) is 8.76. The van der Waals surface area contributed by atoms with Gasteiger partial charge in [-0.25, -0.2) is 9.97 Å². The van der Waals surface area contributed by atoms with Gasteiger partial charge in [-0.05, 0) is 25.8 Å². The van der Waals surface area contributed by atoms with E-state index in [4.69, 9.17) is 4.98 Å². The number of anilines is 1. The molecule has 2 aromatic rings. The third kappa shape index (κ3) is 3.03. The van der Waals surface area contributed by atoms with Gasteiger partial charge in [0.1, 0.15) is 16.5 Å². The summed E-state index contributed by atoms with van der Waals surface area (Å²) in [7, 11) is 1.93. The predicted octanol–water partition coefficient (Wildman–Crippen LogP) is 4.38. The number of thioether (sulfide) groups is 1. The molecule has 5 heteroatoms. The fourth-order valence-electron chi connectivity index (χ4n) is 1.87. The van der Waals surface area contributed by atoms with Gasteiger partial charge in [-0.2, -0.15) is 11.8 Å². The highest BCUT2D eigenvalue weighted by Gasteiger charge is 2.14. The highest BCUT2D eigenvalue weighted by atomic mass is 32.2. The van der Waals surface area contributed by atoms with Crippen LogP contribution >= 0.6 is 23.1 Å². The summed E-state index contributed by atoms with van der Waals surface area (Å²) in [5.41, 5.74) is 1.30. The molecule has 0 aliphatic rings. The highest BCUT2D eigenvalue weighted by Crippen LogP contribution is 2.33. The Hall–Kier alpha value is -0.810. The maximum Gasteiger partial charge on any atom is 0.142 e. The molecule has 19 heavy (non-hydrogen) atoms. The lowest BCUT2D eigenvalue weighted by Crippen LogP contribution is -2.02. The van der Waals surface area contributed by atoms with Gasteiger partial charge < -0.3 is 5.32 Å². The first kappa shape index (κ1) is 14.6. The topological polar surface area (TPSA) is 37.8 Å². The second kappa shape index (κ2) is 6.09. The highest BCUT2D eigenvalue weighted by molar-refractivity contribution is 7.99. The van der Waals surface area contributed by atoms with Crippen LogP contribution in [0.2, 0.25) is 0 Å². The quantitative estimate of drug-likeness (QED) is 0.888. The van der Waals surface area contributed by atoms with E-state index in [-0.39, 0.29) is 0 Å². The molecule has 3 nitrogen and oxygen atoms in total. The summed E-state index contributed by atoms with van der Waals surface area (Å²) in [6, 6.07) is 0. The molecule has 0 bridgehead atoms. The molecule has 0 amide bonds. The minimum Gasteiger partial charge on any atom is -0.372 e. The van der Waals surface area contributed by atoms with Crippen LogP contribution in [0.1, 0.15) is 36.5 Å². The van der Waals surface area contributed by atoms with Crippen molar-refractivity contribution in [1.82, 2.24) is 9.97 Å². The first-order valence-corrected chi connectivity index (χ1v) is 8.49. The number of thiophene rings is 1. The van der Waals surface area contributed by atoms with Gasteiger partial charge in [0.05, 0.1) is 11.1 Å². The van der Waals surface area contributed by atoms with Crippen LogP contribution in [0.25, 0.3) is 10.2 Å². The van der Waals surface area contributed by atoms with E-state index in [2.05, 4.69) is 38.0 Å². The van der Waals surface area contributed by atoms with Crippen LogP contribution in [0.3, 0.4) is 0 Å². The molecule has 104 valence electrons. The fraction of sp³-hybridized carbons (Fsp3) is 0.571. The van der Waals surface area contributed by atoms with Crippen molar-refractivity contribution in [3.63, 3.8) is 0 Å². The molecule has 1 atom stereocenters. The molecule has 0 radical (unpaired) electrons. The summed E-state index contributed by atoms with van der Waals surface area (Å²) >= 11 is 3.68. The maximum absolute atomic E-state index is 4.72. The Bertz CT molecular complexity index is 578. The Kier molecular flexibility index (Phi) is 4.68. The van der Waals surface area contributed by atoms with Crippen molar-refractivity contribution < 1.29 is 0 Å². The van der Waals surface area contributed by atoms with E-state index in [0.717, 1.165) is 22.2 Å². The van der Waals surface area contributed by atoms with Crippen LogP contribution in [-0.4, -0.2) is 22.3 Å². The third-order valence-electron chi connectivity index (χ3n) is 3.38. The lowest BCUT2D eigenvalue weighted by molar-refractivity contribution is 0.902. The minimum atomic E-state index is 0.657. The Labute approximate surface area is 123 Å². The fourth-order valence-corrected chi connectivity index (χ4v) is 3.72. The zero-order valence-corrected chi connectivity index (χ0v) is 13.8. The molecule has 0 spiro atoms. The van der Waals surface area contributed by atoms with Crippen molar-refractivity contribution in [2.45, 2.75) is 45.1 Å². The molecule has 2 rings (SSSR count). The SMILES string of the molecule is CCC(C)SCc1nc(NC)c2c(C)c(C)sc2n1. The van der Waals surface area contributed by atoms with Gasteiger partial charge in [0.25, 0.3) is 0 Å². The van der Waals surface area contributed by atoms with E-state index in [1.165, 1.54) is 22.2 Å². The molecule has 0 saturated carbocycles. The molecule has 0 saturated heterocycles. The smallest absolute Gasteiger partial charge is 0.142 e. The minimum absolute atomic E-state index is 0.657. The average Bonchev–Trinajstić information content (AvgIpc) is 2.70. The summed E-state index contributed by atoms with van der Waals surface area (Å²) < 4.78 is 0. The summed E-state index contributed by atoms with van der Waals surface area (Å²) in [6.07, 6.45) is 1.18. The van der Waals surface area contributed by atoms with Crippen LogP contribution in [0.4, 0.5) is 5.82 Å². The van der Waals surface area contributed by atoms with Crippen LogP contribution < -0.4 is 5.32 Å². The largest absolute Gasteiger partial charge is 0.372 e. The van der Waals surface area contributed by atoms with Crippen LogP contribution in [0, 0.1) is 13.8 Å². The van der Waals surface area contributed by atoms with Crippen molar-refractivity contribution in [2.24, 2.45) is 0 Å². The van der Waals surface area contributed by atoms with Crippen molar-refractivity contribution in [2.75, 3.05) is 12.4 Å². The molecule has 0 aliphatic heterocycles. The molecule has 0 aromatic carbocycles. The molecule has 1 unspecified atom stereocenters. The Morgan fingerprint density at radius 1 is 1.32 bits per heavy atom. The van der Waals surface area contributed by atoms with Gasteiger partial charge >= 0.3 is 0 Å². The standard InChI is InChI=1S/C14H21N3S2/c1-6-8(2)18-7-11-16-13(15-5)12-9(3)10(4)19-14(12)17-11/h8H,6-7H2,1-5H3,(H,15,16,17). The summed E-state index contributed by atoms with van der Waals surface area (Å²) in [5.74, 6) is 2.78. The van der Waals surface area contributed by atoms with Crippen LogP contribution in [0.15, 0.2) is 0 Å². The maximum atomic E-state index is 4.72. The zero-order valence-electron chi connectivity index (χ0n) is 12.2. The predicted molar refractivity (Wildman–Crippen MR) is 87.5 cm³/mol. The Morgan fingerprint density at radius 3 is 2.68 bits per heavy atom. The number of aromatic nitrogens is 2. The van der Waals surface area contributed by atoms with E-state index >= 15 is 0 Å². The van der Waals surface area contributed by atoms with Crippen molar-refractivity contribution in [1.29, 1.82) is 0 Å². The van der Waals surface area contributed by atoms with E-state index < -0.39 is 0 Å². The van der Waals surface area contributed by atoms with Gasteiger partial charge in [-0.1, -0.05) is 13.8 Å². The normalized spacial score (nSPS) is 12.9. The van der Waals surface area contributed by atoms with Gasteiger partial charge in [0.15, 0.2) is 0 Å². The van der Waals surface area contributed by atoms with E-state index in [1.807, 2.05) is 18.8 Å². The monoisotopic (exact) mass is 295 g/mol. The lowest BCUT2D eigenvalue weighted by Gasteiger charge is -2.09. The van der Waals surface area contributed by atoms with Gasteiger partial charge in [-0.15, -0.1) is 11.3 Å².